The lowest BCUT2D eigenvalue weighted by Gasteiger charge is -2.08. The number of rotatable bonds is 9. The van der Waals surface area contributed by atoms with E-state index in [1.807, 2.05) is 72.8 Å². The van der Waals surface area contributed by atoms with Gasteiger partial charge in [0.2, 0.25) is 11.9 Å². The number of methoxy groups -OCH3 is 1. The van der Waals surface area contributed by atoms with E-state index in [1.54, 1.807) is 7.11 Å². The van der Waals surface area contributed by atoms with Crippen LogP contribution in [0.3, 0.4) is 0 Å². The summed E-state index contributed by atoms with van der Waals surface area (Å²) in [7, 11) is 1.60. The fourth-order valence-electron chi connectivity index (χ4n) is 3.30. The fourth-order valence-corrected chi connectivity index (χ4v) is 3.71. The first-order chi connectivity index (χ1) is 16.5. The molecule has 0 atom stereocenters. The summed E-state index contributed by atoms with van der Waals surface area (Å²) >= 11 is 12.5. The molecule has 34 heavy (non-hydrogen) atoms. The van der Waals surface area contributed by atoms with Gasteiger partial charge < -0.3 is 15.4 Å². The number of ether oxygens (including phenoxy) is 1. The van der Waals surface area contributed by atoms with Crippen molar-refractivity contribution < 1.29 is 9.53 Å². The zero-order valence-corrected chi connectivity index (χ0v) is 20.0. The molecule has 0 amide bonds. The van der Waals surface area contributed by atoms with Crippen molar-refractivity contribution in [1.29, 1.82) is 0 Å². The number of hydrogen-bond acceptors (Lipinski definition) is 6. The average Bonchev–Trinajstić information content (AvgIpc) is 3.27. The lowest BCUT2D eigenvalue weighted by atomic mass is 10.1. The van der Waals surface area contributed by atoms with Gasteiger partial charge >= 0.3 is 0 Å². The predicted molar refractivity (Wildman–Crippen MR) is 135 cm³/mol. The van der Waals surface area contributed by atoms with Gasteiger partial charge in [0.15, 0.2) is 0 Å². The third kappa shape index (κ3) is 5.87. The van der Waals surface area contributed by atoms with Crippen molar-refractivity contribution >= 4 is 41.0 Å². The Hall–Kier alpha value is -3.55. The zero-order chi connectivity index (χ0) is 23.9. The van der Waals surface area contributed by atoms with Gasteiger partial charge in [-0.25, -0.2) is 0 Å². The molecule has 0 saturated heterocycles. The van der Waals surface area contributed by atoms with Crippen LogP contribution in [0.4, 0.5) is 11.9 Å². The van der Waals surface area contributed by atoms with Gasteiger partial charge in [0.25, 0.3) is 5.91 Å². The molecular weight excluding hydrogens is 473 g/mol. The molecule has 0 saturated carbocycles. The van der Waals surface area contributed by atoms with Crippen LogP contribution in [0.5, 0.6) is 5.75 Å². The second kappa shape index (κ2) is 11.0. The summed E-state index contributed by atoms with van der Waals surface area (Å²) in [6.45, 7) is 0.804. The van der Waals surface area contributed by atoms with Gasteiger partial charge in [-0.15, -0.1) is 5.10 Å². The molecule has 0 fully saturated rings. The van der Waals surface area contributed by atoms with E-state index in [2.05, 4.69) is 20.7 Å². The Kier molecular flexibility index (Phi) is 7.67. The van der Waals surface area contributed by atoms with Crippen LogP contribution in [-0.4, -0.2) is 27.8 Å². The van der Waals surface area contributed by atoms with Crippen molar-refractivity contribution in [2.75, 3.05) is 17.7 Å². The van der Waals surface area contributed by atoms with Crippen molar-refractivity contribution in [2.45, 2.75) is 19.5 Å². The van der Waals surface area contributed by atoms with Crippen LogP contribution in [0, 0.1) is 0 Å². The van der Waals surface area contributed by atoms with Crippen molar-refractivity contribution in [3.63, 3.8) is 0 Å². The first kappa shape index (κ1) is 23.6. The van der Waals surface area contributed by atoms with Crippen LogP contribution >= 0.6 is 23.2 Å². The van der Waals surface area contributed by atoms with Gasteiger partial charge in [0.05, 0.1) is 13.5 Å². The largest absolute Gasteiger partial charge is 0.497 e. The third-order valence-electron chi connectivity index (χ3n) is 5.15. The molecule has 0 bridgehead atoms. The maximum Gasteiger partial charge on any atom is 0.254 e. The summed E-state index contributed by atoms with van der Waals surface area (Å²) in [4.78, 5) is 17.6. The van der Waals surface area contributed by atoms with Crippen molar-refractivity contribution in [2.24, 2.45) is 0 Å². The van der Waals surface area contributed by atoms with E-state index < -0.39 is 0 Å². The number of anilines is 2. The molecule has 0 aliphatic rings. The van der Waals surface area contributed by atoms with E-state index in [0.717, 1.165) is 22.4 Å². The maximum absolute atomic E-state index is 13.1. The highest BCUT2D eigenvalue weighted by Gasteiger charge is 2.17. The number of aromatic nitrogens is 3. The minimum absolute atomic E-state index is 0.151. The second-order valence-electron chi connectivity index (χ2n) is 7.48. The van der Waals surface area contributed by atoms with E-state index in [1.165, 1.54) is 4.68 Å². The first-order valence-electron chi connectivity index (χ1n) is 10.6. The van der Waals surface area contributed by atoms with Crippen LogP contribution in [0.25, 0.3) is 0 Å². The molecule has 7 nitrogen and oxygen atoms in total. The summed E-state index contributed by atoms with van der Waals surface area (Å²) < 4.78 is 6.46. The number of hydrogen-bond donors (Lipinski definition) is 2. The van der Waals surface area contributed by atoms with Gasteiger partial charge in [-0.1, -0.05) is 71.7 Å². The molecule has 0 aliphatic carbocycles. The highest BCUT2D eigenvalue weighted by molar-refractivity contribution is 6.31. The molecule has 174 valence electrons. The van der Waals surface area contributed by atoms with Gasteiger partial charge in [0, 0.05) is 23.1 Å². The number of carbonyl (C=O) groups excluding carboxylic acids is 1. The number of nitrogens with zero attached hydrogens (tertiary/aromatic N) is 3. The molecule has 3 aromatic carbocycles. The van der Waals surface area contributed by atoms with Crippen molar-refractivity contribution in [3.05, 3.63) is 99.5 Å². The summed E-state index contributed by atoms with van der Waals surface area (Å²) in [5, 5.41) is 12.0. The molecule has 1 aromatic heterocycles. The summed E-state index contributed by atoms with van der Waals surface area (Å²) in [5.41, 5.74) is 2.62. The van der Waals surface area contributed by atoms with Gasteiger partial charge in [-0.05, 0) is 41.0 Å². The summed E-state index contributed by atoms with van der Waals surface area (Å²) in [6.07, 6.45) is 0.151. The van der Waals surface area contributed by atoms with E-state index in [0.29, 0.717) is 35.0 Å². The molecule has 4 aromatic rings. The molecule has 4 rings (SSSR count). The van der Waals surface area contributed by atoms with E-state index >= 15 is 0 Å². The zero-order valence-electron chi connectivity index (χ0n) is 18.5. The highest BCUT2D eigenvalue weighted by atomic mass is 35.5. The Morgan fingerprint density at radius 2 is 1.47 bits per heavy atom. The number of benzene rings is 3. The number of halogens is 2. The number of carbonyl (C=O) groups is 1. The lowest BCUT2D eigenvalue weighted by Crippen LogP contribution is -2.18. The maximum atomic E-state index is 13.1. The molecule has 0 radical (unpaired) electrons. The average molecular weight is 496 g/mol. The normalized spacial score (nSPS) is 10.7. The monoisotopic (exact) mass is 495 g/mol. The summed E-state index contributed by atoms with van der Waals surface area (Å²) in [5.74, 6) is 1.12. The predicted octanol–water partition coefficient (Wildman–Crippen LogP) is 5.70. The molecular formula is C25H23Cl2N5O2. The van der Waals surface area contributed by atoms with Crippen molar-refractivity contribution in [1.82, 2.24) is 14.8 Å². The minimum Gasteiger partial charge on any atom is -0.497 e. The highest BCUT2D eigenvalue weighted by Crippen LogP contribution is 2.20. The topological polar surface area (TPSA) is 81.1 Å². The SMILES string of the molecule is COc1ccc(CC(=O)n2nc(NCc3ccccc3Cl)nc2NCc2ccccc2Cl)cc1. The first-order valence-corrected chi connectivity index (χ1v) is 11.4. The van der Waals surface area contributed by atoms with Gasteiger partial charge in [-0.2, -0.15) is 9.67 Å². The van der Waals surface area contributed by atoms with Crippen molar-refractivity contribution in [3.8, 4) is 5.75 Å². The molecule has 2 N–H and O–H groups in total. The molecule has 0 aliphatic heterocycles. The van der Waals surface area contributed by atoms with E-state index in [9.17, 15) is 4.79 Å². The standard InChI is InChI=1S/C25H23Cl2N5O2/c1-34-20-12-10-17(11-13-20)14-23(33)32-25(29-16-19-7-3-5-9-22(19)27)30-24(31-32)28-15-18-6-2-4-8-21(18)26/h2-13H,14-16H2,1H3,(H2,28,29,30,31). The quantitative estimate of drug-likeness (QED) is 0.310. The van der Waals surface area contributed by atoms with Crippen LogP contribution in [0.15, 0.2) is 72.8 Å². The molecule has 1 heterocycles. The van der Waals surface area contributed by atoms with Crippen LogP contribution in [0.2, 0.25) is 10.0 Å². The van der Waals surface area contributed by atoms with Crippen LogP contribution < -0.4 is 15.4 Å². The van der Waals surface area contributed by atoms with Crippen LogP contribution in [-0.2, 0) is 19.5 Å². The third-order valence-corrected chi connectivity index (χ3v) is 5.88. The smallest absolute Gasteiger partial charge is 0.254 e. The minimum atomic E-state index is -0.231. The molecule has 9 heteroatoms. The Morgan fingerprint density at radius 3 is 2.06 bits per heavy atom. The second-order valence-corrected chi connectivity index (χ2v) is 8.29. The Labute approximate surface area is 207 Å². The number of nitrogens with one attached hydrogen (secondary N) is 2. The van der Waals surface area contributed by atoms with Gasteiger partial charge in [-0.3, -0.25) is 4.79 Å². The summed E-state index contributed by atoms with van der Waals surface area (Å²) in [6, 6.07) is 22.3. The van der Waals surface area contributed by atoms with Crippen LogP contribution in [0.1, 0.15) is 21.5 Å². The Bertz CT molecular complexity index is 1270. The fraction of sp³-hybridized carbons (Fsp3) is 0.160. The van der Waals surface area contributed by atoms with E-state index in [4.69, 9.17) is 27.9 Å². The van der Waals surface area contributed by atoms with E-state index in [-0.39, 0.29) is 12.3 Å². The lowest BCUT2D eigenvalue weighted by molar-refractivity contribution is 0.0901. The molecule has 0 unspecified atom stereocenters. The van der Waals surface area contributed by atoms with Gasteiger partial charge in [0.1, 0.15) is 5.75 Å². The Morgan fingerprint density at radius 1 is 0.882 bits per heavy atom. The molecule has 0 spiro atoms. The Balaban J connectivity index is 1.54.